The van der Waals surface area contributed by atoms with Crippen LogP contribution in [-0.2, 0) is 33.4 Å². The number of carbonyl (C=O) groups excluding carboxylic acids is 2. The van der Waals surface area contributed by atoms with Gasteiger partial charge in [0, 0.05) is 26.3 Å². The molecule has 0 aromatic heterocycles. The summed E-state index contributed by atoms with van der Waals surface area (Å²) in [6.07, 6.45) is -3.19. The van der Waals surface area contributed by atoms with Crippen LogP contribution >= 0.6 is 0 Å². The summed E-state index contributed by atoms with van der Waals surface area (Å²) in [7, 11) is 2.89. The molecule has 0 radical (unpaired) electrons. The van der Waals surface area contributed by atoms with Crippen molar-refractivity contribution >= 4 is 11.9 Å². The van der Waals surface area contributed by atoms with Gasteiger partial charge in [-0.05, 0) is 6.92 Å². The Hall–Kier alpha value is -1.30. The van der Waals surface area contributed by atoms with Crippen LogP contribution in [0.3, 0.4) is 0 Å². The predicted molar refractivity (Wildman–Crippen MR) is 97.5 cm³/mol. The predicted octanol–water partition coefficient (Wildman–Crippen LogP) is -0.456. The number of carbonyl (C=O) groups is 2. The normalized spacial score (nSPS) is 39.2. The minimum Gasteiger partial charge on any atom is -0.466 e. The summed E-state index contributed by atoms with van der Waals surface area (Å²) in [4.78, 5) is 28.7. The Morgan fingerprint density at radius 3 is 1.97 bits per heavy atom. The van der Waals surface area contributed by atoms with Gasteiger partial charge in [-0.1, -0.05) is 0 Å². The van der Waals surface area contributed by atoms with E-state index < -0.39 is 30.4 Å². The van der Waals surface area contributed by atoms with Crippen LogP contribution in [0.4, 0.5) is 0 Å². The maximum Gasteiger partial charge on any atom is 0.308 e. The Bertz CT molecular complexity index is 588. The highest BCUT2D eigenvalue weighted by Gasteiger charge is 2.49. The maximum atomic E-state index is 12.1. The van der Waals surface area contributed by atoms with Crippen molar-refractivity contribution in [3.05, 3.63) is 0 Å². The molecule has 3 aliphatic rings. The van der Waals surface area contributed by atoms with Crippen LogP contribution in [0.25, 0.3) is 0 Å². The number of fused-ring (bicyclic) bond motifs is 2. The number of hydroxylamine groups is 2. The quantitative estimate of drug-likeness (QED) is 0.436. The highest BCUT2D eigenvalue weighted by Crippen LogP contribution is 2.38. The number of aliphatic hydroxyl groups is 2. The summed E-state index contributed by atoms with van der Waals surface area (Å²) >= 11 is 0. The van der Waals surface area contributed by atoms with Crippen molar-refractivity contribution in [3.63, 3.8) is 0 Å². The highest BCUT2D eigenvalue weighted by molar-refractivity contribution is 5.75. The van der Waals surface area contributed by atoms with Crippen LogP contribution in [0.15, 0.2) is 0 Å². The van der Waals surface area contributed by atoms with E-state index >= 15 is 0 Å². The number of nitrogens with zero attached hydrogens (tertiary/aromatic N) is 1. The lowest BCUT2D eigenvalue weighted by atomic mass is 9.85. The van der Waals surface area contributed by atoms with Crippen molar-refractivity contribution < 1.29 is 43.6 Å². The summed E-state index contributed by atoms with van der Waals surface area (Å²) in [6, 6.07) is 0. The molecule has 2 N–H and O–H groups in total. The second-order valence-corrected chi connectivity index (χ2v) is 7.77. The second-order valence-electron chi connectivity index (χ2n) is 7.77. The maximum absolute atomic E-state index is 12.1. The first-order valence-electron chi connectivity index (χ1n) is 10.1. The Morgan fingerprint density at radius 1 is 0.931 bits per heavy atom. The van der Waals surface area contributed by atoms with Crippen molar-refractivity contribution in [2.45, 2.75) is 87.9 Å². The standard InChI is InChI=1S/C19H31NO9/c1-4-26-19(24)9-13-11(22)6-15-17(28-13)7-16-14(29-15)5-10(21)12(27-16)8-18(23)20(2)25-3/h10-17,21-22H,4-9H2,1-3H3/t10-,11+,12+,13-,14+,15-,16-,17+/m0/s1. The van der Waals surface area contributed by atoms with E-state index in [1.54, 1.807) is 6.92 Å². The summed E-state index contributed by atoms with van der Waals surface area (Å²) in [5.41, 5.74) is 0. The molecule has 0 unspecified atom stereocenters. The van der Waals surface area contributed by atoms with Crippen LogP contribution in [-0.4, -0.2) is 96.7 Å². The number of esters is 1. The zero-order valence-electron chi connectivity index (χ0n) is 17.1. The summed E-state index contributed by atoms with van der Waals surface area (Å²) in [5.74, 6) is -0.710. The fourth-order valence-electron chi connectivity index (χ4n) is 4.20. The van der Waals surface area contributed by atoms with Gasteiger partial charge in [0.15, 0.2) is 0 Å². The van der Waals surface area contributed by atoms with Crippen molar-refractivity contribution in [3.8, 4) is 0 Å². The third-order valence-electron chi connectivity index (χ3n) is 5.82. The molecule has 3 heterocycles. The van der Waals surface area contributed by atoms with Gasteiger partial charge < -0.3 is 29.2 Å². The molecule has 3 fully saturated rings. The van der Waals surface area contributed by atoms with E-state index in [0.29, 0.717) is 19.3 Å². The lowest BCUT2D eigenvalue weighted by Crippen LogP contribution is -2.60. The minimum absolute atomic E-state index is 0.00607. The van der Waals surface area contributed by atoms with Gasteiger partial charge in [0.2, 0.25) is 5.91 Å². The van der Waals surface area contributed by atoms with E-state index in [1.807, 2.05) is 0 Å². The van der Waals surface area contributed by atoms with Crippen molar-refractivity contribution in [1.82, 2.24) is 5.06 Å². The molecule has 3 saturated heterocycles. The van der Waals surface area contributed by atoms with E-state index in [0.717, 1.165) is 5.06 Å². The Labute approximate surface area is 169 Å². The van der Waals surface area contributed by atoms with Gasteiger partial charge in [-0.15, -0.1) is 0 Å². The summed E-state index contributed by atoms with van der Waals surface area (Å²) in [5, 5.41) is 21.8. The Kier molecular flexibility index (Phi) is 7.47. The monoisotopic (exact) mass is 417 g/mol. The van der Waals surface area contributed by atoms with Crippen molar-refractivity contribution in [2.24, 2.45) is 0 Å². The van der Waals surface area contributed by atoms with Gasteiger partial charge in [0.1, 0.15) is 0 Å². The molecule has 0 aromatic carbocycles. The molecule has 3 rings (SSSR count). The average Bonchev–Trinajstić information content (AvgIpc) is 2.67. The number of hydrogen-bond donors (Lipinski definition) is 2. The molecule has 10 nitrogen and oxygen atoms in total. The Balaban J connectivity index is 1.59. The second kappa shape index (κ2) is 9.67. The molecule has 0 saturated carbocycles. The van der Waals surface area contributed by atoms with E-state index in [4.69, 9.17) is 23.8 Å². The molecule has 10 heteroatoms. The molecule has 8 atom stereocenters. The molecule has 0 spiro atoms. The van der Waals surface area contributed by atoms with Gasteiger partial charge in [0.05, 0.1) is 75.4 Å². The SMILES string of the molecule is CCOC(=O)C[C@@H]1O[C@@H]2C[C@@H]3O[C@H](CC(=O)N(C)OC)[C@@H](O)C[C@H]3O[C@H]2C[C@H]1O. The molecule has 0 aromatic rings. The lowest BCUT2D eigenvalue weighted by Gasteiger charge is -2.50. The number of aliphatic hydroxyl groups excluding tert-OH is 2. The first-order valence-corrected chi connectivity index (χ1v) is 10.1. The van der Waals surface area contributed by atoms with Gasteiger partial charge in [-0.3, -0.25) is 14.4 Å². The van der Waals surface area contributed by atoms with Gasteiger partial charge >= 0.3 is 5.97 Å². The van der Waals surface area contributed by atoms with Crippen LogP contribution in [0.5, 0.6) is 0 Å². The fourth-order valence-corrected chi connectivity index (χ4v) is 4.20. The zero-order chi connectivity index (χ0) is 21.1. The van der Waals surface area contributed by atoms with E-state index in [-0.39, 0.29) is 49.8 Å². The third kappa shape index (κ3) is 5.25. The van der Waals surface area contributed by atoms with Crippen molar-refractivity contribution in [2.75, 3.05) is 20.8 Å². The molecule has 1 amide bonds. The highest BCUT2D eigenvalue weighted by atomic mass is 16.7. The molecule has 3 aliphatic heterocycles. The van der Waals surface area contributed by atoms with Gasteiger partial charge in [0.25, 0.3) is 0 Å². The number of ether oxygens (including phenoxy) is 4. The van der Waals surface area contributed by atoms with Crippen molar-refractivity contribution in [1.29, 1.82) is 0 Å². The first-order chi connectivity index (χ1) is 13.8. The van der Waals surface area contributed by atoms with Crippen LogP contribution in [0, 0.1) is 0 Å². The zero-order valence-corrected chi connectivity index (χ0v) is 17.1. The Morgan fingerprint density at radius 2 is 1.45 bits per heavy atom. The molecular weight excluding hydrogens is 386 g/mol. The first kappa shape index (κ1) is 22.4. The summed E-state index contributed by atoms with van der Waals surface area (Å²) < 4.78 is 22.9. The van der Waals surface area contributed by atoms with E-state index in [1.165, 1.54) is 14.2 Å². The minimum atomic E-state index is -0.840. The number of hydrogen-bond acceptors (Lipinski definition) is 9. The van der Waals surface area contributed by atoms with Crippen LogP contribution in [0.2, 0.25) is 0 Å². The smallest absolute Gasteiger partial charge is 0.308 e. The van der Waals surface area contributed by atoms with Crippen LogP contribution < -0.4 is 0 Å². The van der Waals surface area contributed by atoms with E-state index in [9.17, 15) is 19.8 Å². The summed E-state index contributed by atoms with van der Waals surface area (Å²) in [6.45, 7) is 2.00. The van der Waals surface area contributed by atoms with Crippen LogP contribution in [0.1, 0.15) is 39.0 Å². The lowest BCUT2D eigenvalue weighted by molar-refractivity contribution is -0.281. The number of amides is 1. The number of rotatable bonds is 6. The molecular formula is C19H31NO9. The molecule has 0 bridgehead atoms. The fraction of sp³-hybridized carbons (Fsp3) is 0.895. The molecule has 29 heavy (non-hydrogen) atoms. The van der Waals surface area contributed by atoms with Gasteiger partial charge in [-0.25, -0.2) is 5.06 Å². The van der Waals surface area contributed by atoms with E-state index in [2.05, 4.69) is 0 Å². The molecule has 166 valence electrons. The third-order valence-corrected chi connectivity index (χ3v) is 5.82. The topological polar surface area (TPSA) is 124 Å². The van der Waals surface area contributed by atoms with Gasteiger partial charge in [-0.2, -0.15) is 0 Å². The molecule has 0 aliphatic carbocycles. The largest absolute Gasteiger partial charge is 0.466 e. The average molecular weight is 417 g/mol.